The third kappa shape index (κ3) is 3.72. The standard InChI is InChI=1S/C14H15F3N2O4/c1-23-13(20)9-3-2-6-18(8-9)10-4-5-12(19(21)22)11(7-10)14(15,16)17/h4-5,7,9H,2-3,6,8H2,1H3/t9-/m0/s1. The average Bonchev–Trinajstić information content (AvgIpc) is 2.52. The summed E-state index contributed by atoms with van der Waals surface area (Å²) in [7, 11) is 1.26. The Morgan fingerprint density at radius 1 is 1.43 bits per heavy atom. The summed E-state index contributed by atoms with van der Waals surface area (Å²) in [6.07, 6.45) is -3.60. The van der Waals surface area contributed by atoms with Gasteiger partial charge in [0.1, 0.15) is 5.56 Å². The maximum Gasteiger partial charge on any atom is 0.423 e. The minimum atomic E-state index is -4.82. The molecule has 0 radical (unpaired) electrons. The van der Waals surface area contributed by atoms with Crippen molar-refractivity contribution in [3.63, 3.8) is 0 Å². The number of carbonyl (C=O) groups is 1. The number of nitrogens with zero attached hydrogens (tertiary/aromatic N) is 2. The number of esters is 1. The fourth-order valence-electron chi connectivity index (χ4n) is 2.68. The molecule has 0 saturated carbocycles. The molecule has 1 aliphatic rings. The van der Waals surface area contributed by atoms with Crippen molar-refractivity contribution in [2.45, 2.75) is 19.0 Å². The Morgan fingerprint density at radius 3 is 2.70 bits per heavy atom. The molecule has 6 nitrogen and oxygen atoms in total. The number of anilines is 1. The molecule has 1 heterocycles. The Labute approximate surface area is 130 Å². The van der Waals surface area contributed by atoms with E-state index in [-0.39, 0.29) is 12.2 Å². The van der Waals surface area contributed by atoms with Crippen molar-refractivity contribution in [3.8, 4) is 0 Å². The van der Waals surface area contributed by atoms with Crippen LogP contribution in [-0.4, -0.2) is 31.1 Å². The molecule has 2 rings (SSSR count). The monoisotopic (exact) mass is 332 g/mol. The lowest BCUT2D eigenvalue weighted by Crippen LogP contribution is -2.39. The topological polar surface area (TPSA) is 72.7 Å². The number of rotatable bonds is 3. The molecule has 0 spiro atoms. The van der Waals surface area contributed by atoms with E-state index in [0.29, 0.717) is 19.4 Å². The Bertz CT molecular complexity index is 619. The van der Waals surface area contributed by atoms with Crippen molar-refractivity contribution >= 4 is 17.3 Å². The third-order valence-electron chi connectivity index (χ3n) is 3.80. The summed E-state index contributed by atoms with van der Waals surface area (Å²) in [6.45, 7) is 0.699. The predicted octanol–water partition coefficient (Wildman–Crippen LogP) is 3.00. The summed E-state index contributed by atoms with van der Waals surface area (Å²) >= 11 is 0. The van der Waals surface area contributed by atoms with Crippen molar-refractivity contribution in [3.05, 3.63) is 33.9 Å². The highest BCUT2D eigenvalue weighted by atomic mass is 19.4. The van der Waals surface area contributed by atoms with Crippen molar-refractivity contribution in [1.82, 2.24) is 0 Å². The average molecular weight is 332 g/mol. The van der Waals surface area contributed by atoms with E-state index in [0.717, 1.165) is 12.1 Å². The quantitative estimate of drug-likeness (QED) is 0.483. The maximum atomic E-state index is 13.0. The van der Waals surface area contributed by atoms with Gasteiger partial charge in [0, 0.05) is 24.8 Å². The maximum absolute atomic E-state index is 13.0. The van der Waals surface area contributed by atoms with Gasteiger partial charge in [0.15, 0.2) is 0 Å². The van der Waals surface area contributed by atoms with Crippen LogP contribution in [0.3, 0.4) is 0 Å². The van der Waals surface area contributed by atoms with Crippen LogP contribution in [0.2, 0.25) is 0 Å². The predicted molar refractivity (Wildman–Crippen MR) is 75.1 cm³/mol. The molecule has 0 amide bonds. The molecule has 0 bridgehead atoms. The molecule has 0 aromatic heterocycles. The van der Waals surface area contributed by atoms with Crippen LogP contribution in [0, 0.1) is 16.0 Å². The Hall–Kier alpha value is -2.32. The molecule has 1 aromatic rings. The smallest absolute Gasteiger partial charge is 0.423 e. The molecule has 0 N–H and O–H groups in total. The van der Waals surface area contributed by atoms with Crippen molar-refractivity contribution in [2.24, 2.45) is 5.92 Å². The van der Waals surface area contributed by atoms with Gasteiger partial charge in [-0.05, 0) is 25.0 Å². The second-order valence-electron chi connectivity index (χ2n) is 5.26. The molecule has 9 heteroatoms. The number of carbonyl (C=O) groups excluding carboxylic acids is 1. The normalized spacial score (nSPS) is 18.6. The first-order valence-electron chi connectivity index (χ1n) is 6.92. The number of piperidine rings is 1. The number of hydrogen-bond acceptors (Lipinski definition) is 5. The minimum Gasteiger partial charge on any atom is -0.469 e. The van der Waals surface area contributed by atoms with Gasteiger partial charge in [-0.2, -0.15) is 13.2 Å². The van der Waals surface area contributed by atoms with Gasteiger partial charge in [0.05, 0.1) is 18.0 Å². The molecule has 1 saturated heterocycles. The molecule has 0 aliphatic carbocycles. The molecule has 1 aliphatic heterocycles. The summed E-state index contributed by atoms with van der Waals surface area (Å²) < 4.78 is 43.7. The zero-order valence-electron chi connectivity index (χ0n) is 12.3. The van der Waals surface area contributed by atoms with E-state index >= 15 is 0 Å². The molecule has 0 unspecified atom stereocenters. The zero-order valence-corrected chi connectivity index (χ0v) is 12.3. The lowest BCUT2D eigenvalue weighted by Gasteiger charge is -2.33. The largest absolute Gasteiger partial charge is 0.469 e. The van der Waals surface area contributed by atoms with Gasteiger partial charge < -0.3 is 9.64 Å². The van der Waals surface area contributed by atoms with Crippen molar-refractivity contribution < 1.29 is 27.6 Å². The van der Waals surface area contributed by atoms with Gasteiger partial charge in [-0.25, -0.2) is 0 Å². The number of methoxy groups -OCH3 is 1. The molecule has 23 heavy (non-hydrogen) atoms. The molecule has 126 valence electrons. The van der Waals surface area contributed by atoms with E-state index < -0.39 is 34.2 Å². The first-order valence-corrected chi connectivity index (χ1v) is 6.92. The van der Waals surface area contributed by atoms with Crippen molar-refractivity contribution in [1.29, 1.82) is 0 Å². The molecule has 1 fully saturated rings. The summed E-state index contributed by atoms with van der Waals surface area (Å²) in [5.41, 5.74) is -2.07. The van der Waals surface area contributed by atoms with E-state index in [1.165, 1.54) is 13.2 Å². The summed E-state index contributed by atoms with van der Waals surface area (Å²) in [6, 6.07) is 2.88. The van der Waals surface area contributed by atoms with Crippen LogP contribution in [0.15, 0.2) is 18.2 Å². The van der Waals surface area contributed by atoms with Crippen LogP contribution in [0.1, 0.15) is 18.4 Å². The number of alkyl halides is 3. The molecule has 1 atom stereocenters. The second-order valence-corrected chi connectivity index (χ2v) is 5.26. The molecular formula is C14H15F3N2O4. The summed E-state index contributed by atoms with van der Waals surface area (Å²) in [5, 5.41) is 10.8. The number of nitro groups is 1. The van der Waals surface area contributed by atoms with Crippen LogP contribution in [0.25, 0.3) is 0 Å². The van der Waals surface area contributed by atoms with Crippen LogP contribution < -0.4 is 4.90 Å². The number of ether oxygens (including phenoxy) is 1. The van der Waals surface area contributed by atoms with Crippen molar-refractivity contribution in [2.75, 3.05) is 25.1 Å². The molecular weight excluding hydrogens is 317 g/mol. The third-order valence-corrected chi connectivity index (χ3v) is 3.80. The van der Waals surface area contributed by atoms with E-state index in [2.05, 4.69) is 4.74 Å². The van der Waals surface area contributed by atoms with Gasteiger partial charge >= 0.3 is 12.1 Å². The number of halogens is 3. The van der Waals surface area contributed by atoms with Gasteiger partial charge in [-0.1, -0.05) is 0 Å². The van der Waals surface area contributed by atoms with Gasteiger partial charge in [-0.3, -0.25) is 14.9 Å². The minimum absolute atomic E-state index is 0.205. The first-order chi connectivity index (χ1) is 10.7. The van der Waals surface area contributed by atoms with Gasteiger partial charge in [0.2, 0.25) is 0 Å². The lowest BCUT2D eigenvalue weighted by atomic mass is 9.97. The summed E-state index contributed by atoms with van der Waals surface area (Å²) in [4.78, 5) is 22.9. The second kappa shape index (κ2) is 6.43. The van der Waals surface area contributed by atoms with E-state index in [4.69, 9.17) is 0 Å². The number of hydrogen-bond donors (Lipinski definition) is 0. The Morgan fingerprint density at radius 2 is 2.13 bits per heavy atom. The van der Waals surface area contributed by atoms with E-state index in [9.17, 15) is 28.1 Å². The van der Waals surface area contributed by atoms with Crippen LogP contribution in [-0.2, 0) is 15.7 Å². The van der Waals surface area contributed by atoms with Crippen LogP contribution in [0.5, 0.6) is 0 Å². The number of benzene rings is 1. The highest BCUT2D eigenvalue weighted by Crippen LogP contribution is 2.39. The fraction of sp³-hybridized carbons (Fsp3) is 0.500. The highest BCUT2D eigenvalue weighted by molar-refractivity contribution is 5.73. The van der Waals surface area contributed by atoms with Gasteiger partial charge in [-0.15, -0.1) is 0 Å². The highest BCUT2D eigenvalue weighted by Gasteiger charge is 2.39. The molecule has 1 aromatic carbocycles. The Kier molecular flexibility index (Phi) is 4.76. The first kappa shape index (κ1) is 17.0. The lowest BCUT2D eigenvalue weighted by molar-refractivity contribution is -0.388. The zero-order chi connectivity index (χ0) is 17.2. The fourth-order valence-corrected chi connectivity index (χ4v) is 2.68. The van der Waals surface area contributed by atoms with Crippen LogP contribution >= 0.6 is 0 Å². The van der Waals surface area contributed by atoms with Crippen LogP contribution in [0.4, 0.5) is 24.5 Å². The van der Waals surface area contributed by atoms with Gasteiger partial charge in [0.25, 0.3) is 5.69 Å². The SMILES string of the molecule is COC(=O)[C@H]1CCCN(c2ccc([N+](=O)[O-])c(C(F)(F)F)c2)C1. The van der Waals surface area contributed by atoms with E-state index in [1.54, 1.807) is 4.90 Å². The van der Waals surface area contributed by atoms with E-state index in [1.807, 2.05) is 0 Å². The Balaban J connectivity index is 2.33. The summed E-state index contributed by atoms with van der Waals surface area (Å²) in [5.74, 6) is -0.828. The number of nitro benzene ring substituents is 1.